The van der Waals surface area contributed by atoms with Crippen LogP contribution in [0.2, 0.25) is 0 Å². The summed E-state index contributed by atoms with van der Waals surface area (Å²) in [6, 6.07) is 30.4. The van der Waals surface area contributed by atoms with Crippen LogP contribution in [-0.4, -0.2) is 72.6 Å². The van der Waals surface area contributed by atoms with Crippen LogP contribution < -0.4 is 14.2 Å². The number of hydrogen-bond acceptors (Lipinski definition) is 7. The Labute approximate surface area is 377 Å². The molecule has 0 aromatic heterocycles. The summed E-state index contributed by atoms with van der Waals surface area (Å²) in [5, 5.41) is 23.1. The summed E-state index contributed by atoms with van der Waals surface area (Å²) < 4.78 is 19.6. The van der Waals surface area contributed by atoms with Gasteiger partial charge in [0.2, 0.25) is 0 Å². The van der Waals surface area contributed by atoms with Crippen LogP contribution in [0, 0.1) is 35.5 Å². The van der Waals surface area contributed by atoms with Crippen LogP contribution in [0.1, 0.15) is 111 Å². The maximum atomic E-state index is 11.5. The standard InChI is InChI=1S/C56H68N2O5/c1-7-25-53(59)27-29-55(31-33-61-47-17-9-41(10-18-47)39-57(3)4)45(37-53)15-13-43-35-49(21-23-51(43)55)63-50-22-24-52-44(36-50)14-16-46-38-54(60,26-8-2)28-30-56(46,52)32-34-62-48-19-11-42(12-20-48)40-58(5)6/h9-12,17-24,35-36,45-46,59-60H,13-16,27-34,37-40H2,1-6H3. The Kier molecular flexibility index (Phi) is 13.3. The van der Waals surface area contributed by atoms with Crippen molar-refractivity contribution < 1.29 is 24.4 Å². The van der Waals surface area contributed by atoms with Gasteiger partial charge in [-0.15, -0.1) is 11.8 Å². The third-order valence-corrected chi connectivity index (χ3v) is 14.9. The lowest BCUT2D eigenvalue weighted by Crippen LogP contribution is -2.50. The quantitative estimate of drug-likeness (QED) is 0.123. The van der Waals surface area contributed by atoms with Crippen molar-refractivity contribution in [2.75, 3.05) is 41.4 Å². The van der Waals surface area contributed by atoms with Crippen molar-refractivity contribution in [1.29, 1.82) is 0 Å². The zero-order valence-corrected chi connectivity index (χ0v) is 38.6. The average molecular weight is 849 g/mol. The zero-order chi connectivity index (χ0) is 44.2. The molecule has 2 saturated carbocycles. The fourth-order valence-corrected chi connectivity index (χ4v) is 12.0. The van der Waals surface area contributed by atoms with E-state index in [2.05, 4.69) is 147 Å². The Bertz CT molecular complexity index is 2190. The Morgan fingerprint density at radius 1 is 0.556 bits per heavy atom. The zero-order valence-electron chi connectivity index (χ0n) is 38.6. The van der Waals surface area contributed by atoms with E-state index in [1.807, 2.05) is 13.8 Å². The van der Waals surface area contributed by atoms with Crippen LogP contribution in [0.15, 0.2) is 84.9 Å². The van der Waals surface area contributed by atoms with E-state index in [1.165, 1.54) is 33.4 Å². The molecule has 0 saturated heterocycles. The summed E-state index contributed by atoms with van der Waals surface area (Å²) in [5.74, 6) is 16.5. The van der Waals surface area contributed by atoms with E-state index in [4.69, 9.17) is 14.2 Å². The first kappa shape index (κ1) is 44.8. The highest BCUT2D eigenvalue weighted by atomic mass is 16.5. The van der Waals surface area contributed by atoms with Crippen LogP contribution in [0.4, 0.5) is 0 Å². The van der Waals surface area contributed by atoms with E-state index in [-0.39, 0.29) is 10.8 Å². The molecule has 4 aromatic rings. The molecule has 6 unspecified atom stereocenters. The van der Waals surface area contributed by atoms with Crippen molar-refractivity contribution in [3.8, 4) is 46.7 Å². The van der Waals surface area contributed by atoms with Gasteiger partial charge in [0, 0.05) is 23.9 Å². The van der Waals surface area contributed by atoms with Gasteiger partial charge in [-0.1, -0.05) is 48.2 Å². The third-order valence-electron chi connectivity index (χ3n) is 14.9. The molecule has 2 N–H and O–H groups in total. The second kappa shape index (κ2) is 18.8. The van der Waals surface area contributed by atoms with Crippen LogP contribution in [0.3, 0.4) is 0 Å². The SMILES string of the molecule is CC#CC1(O)CCC2(CCOc3ccc(CN(C)C)cc3)c3ccc(Oc4ccc5c(c4)CCC4CC(O)(C#CC)CCC54CCOc4ccc(CN(C)C)cc4)cc3CCC2C1. The lowest BCUT2D eigenvalue weighted by Gasteiger charge is -2.52. The smallest absolute Gasteiger partial charge is 0.127 e. The number of fused-ring (bicyclic) bond motifs is 6. The summed E-state index contributed by atoms with van der Waals surface area (Å²) in [7, 11) is 8.34. The molecular formula is C56H68N2O5. The van der Waals surface area contributed by atoms with Crippen molar-refractivity contribution in [3.63, 3.8) is 0 Å². The molecule has 332 valence electrons. The number of nitrogens with zero attached hydrogens (tertiary/aromatic N) is 2. The van der Waals surface area contributed by atoms with E-state index in [0.717, 1.165) is 87.5 Å². The van der Waals surface area contributed by atoms with Gasteiger partial charge in [0.15, 0.2) is 0 Å². The van der Waals surface area contributed by atoms with E-state index < -0.39 is 11.2 Å². The first-order valence-corrected chi connectivity index (χ1v) is 23.3. The summed E-state index contributed by atoms with van der Waals surface area (Å²) in [4.78, 5) is 4.34. The molecule has 0 spiro atoms. The number of aryl methyl sites for hydroxylation is 2. The van der Waals surface area contributed by atoms with E-state index in [0.29, 0.717) is 50.7 Å². The minimum atomic E-state index is -0.939. The Morgan fingerprint density at radius 2 is 0.952 bits per heavy atom. The first-order valence-electron chi connectivity index (χ1n) is 23.3. The lowest BCUT2D eigenvalue weighted by molar-refractivity contribution is -0.0144. The van der Waals surface area contributed by atoms with E-state index in [9.17, 15) is 10.2 Å². The maximum Gasteiger partial charge on any atom is 0.127 e. The molecule has 0 aliphatic heterocycles. The number of benzene rings is 4. The van der Waals surface area contributed by atoms with Gasteiger partial charge < -0.3 is 34.2 Å². The van der Waals surface area contributed by atoms with Crippen LogP contribution >= 0.6 is 0 Å². The van der Waals surface area contributed by atoms with Gasteiger partial charge in [0.05, 0.1) is 13.2 Å². The van der Waals surface area contributed by atoms with Crippen LogP contribution in [0.5, 0.6) is 23.0 Å². The molecule has 0 bridgehead atoms. The molecule has 0 radical (unpaired) electrons. The van der Waals surface area contributed by atoms with Crippen LogP contribution in [0.25, 0.3) is 0 Å². The highest BCUT2D eigenvalue weighted by molar-refractivity contribution is 5.48. The normalized spacial score (nSPS) is 27.1. The van der Waals surface area contributed by atoms with Gasteiger partial charge >= 0.3 is 0 Å². The second-order valence-corrected chi connectivity index (χ2v) is 19.7. The fraction of sp³-hybridized carbons (Fsp3) is 0.500. The molecule has 4 aliphatic carbocycles. The molecule has 0 heterocycles. The monoisotopic (exact) mass is 849 g/mol. The van der Waals surface area contributed by atoms with Crippen molar-refractivity contribution in [3.05, 3.63) is 118 Å². The van der Waals surface area contributed by atoms with Gasteiger partial charge in [-0.05, 0) is 213 Å². The number of ether oxygens (including phenoxy) is 3. The van der Waals surface area contributed by atoms with E-state index in [1.54, 1.807) is 0 Å². The third kappa shape index (κ3) is 9.84. The summed E-state index contributed by atoms with van der Waals surface area (Å²) in [6.07, 6.45) is 10.0. The fourth-order valence-electron chi connectivity index (χ4n) is 12.0. The summed E-state index contributed by atoms with van der Waals surface area (Å²) in [6.45, 7) is 6.67. The molecule has 4 aromatic carbocycles. The predicted octanol–water partition coefficient (Wildman–Crippen LogP) is 10.0. The molecule has 0 amide bonds. The highest BCUT2D eigenvalue weighted by Gasteiger charge is 2.52. The second-order valence-electron chi connectivity index (χ2n) is 19.7. The molecule has 7 nitrogen and oxygen atoms in total. The molecule has 2 fully saturated rings. The van der Waals surface area contributed by atoms with Crippen molar-refractivity contribution in [1.82, 2.24) is 9.80 Å². The largest absolute Gasteiger partial charge is 0.494 e. The minimum Gasteiger partial charge on any atom is -0.494 e. The van der Waals surface area contributed by atoms with Gasteiger partial charge in [0.25, 0.3) is 0 Å². The van der Waals surface area contributed by atoms with Gasteiger partial charge in [0.1, 0.15) is 34.2 Å². The van der Waals surface area contributed by atoms with E-state index >= 15 is 0 Å². The molecular weight excluding hydrogens is 781 g/mol. The van der Waals surface area contributed by atoms with Crippen molar-refractivity contribution in [2.24, 2.45) is 11.8 Å². The summed E-state index contributed by atoms with van der Waals surface area (Å²) in [5.41, 5.74) is 5.85. The lowest BCUT2D eigenvalue weighted by atomic mass is 9.53. The predicted molar refractivity (Wildman–Crippen MR) is 252 cm³/mol. The Morgan fingerprint density at radius 3 is 1.33 bits per heavy atom. The Hall–Kier alpha value is -4.76. The van der Waals surface area contributed by atoms with Crippen molar-refractivity contribution in [2.45, 2.75) is 126 Å². The average Bonchev–Trinajstić information content (AvgIpc) is 3.25. The number of hydrogen-bond donors (Lipinski definition) is 2. The molecule has 4 aliphatic rings. The van der Waals surface area contributed by atoms with Gasteiger partial charge in [-0.3, -0.25) is 0 Å². The highest BCUT2D eigenvalue weighted by Crippen LogP contribution is 2.57. The molecule has 63 heavy (non-hydrogen) atoms. The van der Waals surface area contributed by atoms with Gasteiger partial charge in [-0.2, -0.15) is 0 Å². The molecule has 7 heteroatoms. The maximum absolute atomic E-state index is 11.5. The molecule has 6 atom stereocenters. The number of aliphatic hydroxyl groups is 2. The molecule has 8 rings (SSSR count). The topological polar surface area (TPSA) is 74.6 Å². The minimum absolute atomic E-state index is 0.108. The number of rotatable bonds is 14. The first-order chi connectivity index (χ1) is 30.3. The Balaban J connectivity index is 1.01. The van der Waals surface area contributed by atoms with Crippen molar-refractivity contribution >= 4 is 0 Å². The van der Waals surface area contributed by atoms with Crippen LogP contribution in [-0.2, 0) is 36.8 Å². The van der Waals surface area contributed by atoms with Gasteiger partial charge in [-0.25, -0.2) is 0 Å². The summed E-state index contributed by atoms with van der Waals surface area (Å²) >= 11 is 0.